The highest BCUT2D eigenvalue weighted by Crippen LogP contribution is 2.19. The molecule has 0 amide bonds. The molecule has 0 aromatic carbocycles. The molecule has 0 aliphatic heterocycles. The second kappa shape index (κ2) is 5.55. The fourth-order valence-electron chi connectivity index (χ4n) is 1.22. The first kappa shape index (κ1) is 11.9. The van der Waals surface area contributed by atoms with E-state index in [4.69, 9.17) is 10.5 Å². The van der Waals surface area contributed by atoms with Gasteiger partial charge >= 0.3 is 0 Å². The molecule has 0 aromatic rings. The maximum Gasteiger partial charge on any atom is 0.0617 e. The van der Waals surface area contributed by atoms with E-state index >= 15 is 0 Å². The van der Waals surface area contributed by atoms with Crippen molar-refractivity contribution in [3.63, 3.8) is 0 Å². The van der Waals surface area contributed by atoms with Gasteiger partial charge in [0.05, 0.1) is 6.61 Å². The molecule has 0 spiro atoms. The number of hydrogen-bond acceptors (Lipinski definition) is 2. The van der Waals surface area contributed by atoms with Gasteiger partial charge in [-0.1, -0.05) is 27.7 Å². The predicted octanol–water partition coefficient (Wildman–Crippen LogP) is 2.18. The minimum absolute atomic E-state index is 0.191. The Morgan fingerprint density at radius 3 is 2.33 bits per heavy atom. The van der Waals surface area contributed by atoms with Crippen molar-refractivity contribution in [3.05, 3.63) is 0 Å². The van der Waals surface area contributed by atoms with E-state index in [-0.39, 0.29) is 6.04 Å². The Hall–Kier alpha value is -0.0800. The second-order valence-corrected chi connectivity index (χ2v) is 4.60. The zero-order valence-corrected chi connectivity index (χ0v) is 8.89. The third-order valence-electron chi connectivity index (χ3n) is 1.55. The van der Waals surface area contributed by atoms with Gasteiger partial charge in [-0.2, -0.15) is 0 Å². The van der Waals surface area contributed by atoms with E-state index in [1.807, 2.05) is 0 Å². The molecule has 0 heterocycles. The van der Waals surface area contributed by atoms with Crippen LogP contribution in [-0.2, 0) is 4.74 Å². The first-order valence-corrected chi connectivity index (χ1v) is 4.79. The van der Waals surface area contributed by atoms with Crippen molar-refractivity contribution in [2.45, 2.75) is 46.6 Å². The highest BCUT2D eigenvalue weighted by Gasteiger charge is 2.15. The molecule has 1 unspecified atom stereocenters. The largest absolute Gasteiger partial charge is 0.380 e. The molecule has 0 bridgehead atoms. The second-order valence-electron chi connectivity index (χ2n) is 4.60. The van der Waals surface area contributed by atoms with Crippen LogP contribution in [0.15, 0.2) is 0 Å². The van der Waals surface area contributed by atoms with Crippen LogP contribution in [0, 0.1) is 5.41 Å². The first-order chi connectivity index (χ1) is 5.45. The number of rotatable bonds is 5. The third kappa shape index (κ3) is 8.02. The van der Waals surface area contributed by atoms with E-state index < -0.39 is 0 Å². The topological polar surface area (TPSA) is 35.2 Å². The summed E-state index contributed by atoms with van der Waals surface area (Å²) >= 11 is 0. The first-order valence-electron chi connectivity index (χ1n) is 4.79. The highest BCUT2D eigenvalue weighted by molar-refractivity contribution is 4.70. The molecule has 0 aromatic heterocycles. The Kier molecular flexibility index (Phi) is 5.51. The molecule has 2 N–H and O–H groups in total. The van der Waals surface area contributed by atoms with Crippen molar-refractivity contribution < 1.29 is 4.74 Å². The molecule has 0 saturated heterocycles. The van der Waals surface area contributed by atoms with Gasteiger partial charge in [0, 0.05) is 12.6 Å². The van der Waals surface area contributed by atoms with Gasteiger partial charge in [0.1, 0.15) is 0 Å². The van der Waals surface area contributed by atoms with E-state index in [1.54, 1.807) is 0 Å². The van der Waals surface area contributed by atoms with Gasteiger partial charge in [0.15, 0.2) is 0 Å². The van der Waals surface area contributed by atoms with E-state index in [0.29, 0.717) is 12.0 Å². The van der Waals surface area contributed by atoms with Gasteiger partial charge in [-0.3, -0.25) is 0 Å². The summed E-state index contributed by atoms with van der Waals surface area (Å²) < 4.78 is 5.37. The Labute approximate surface area is 76.5 Å². The maximum absolute atomic E-state index is 5.88. The zero-order chi connectivity index (χ0) is 9.61. The minimum atomic E-state index is 0.191. The lowest BCUT2D eigenvalue weighted by atomic mass is 9.89. The van der Waals surface area contributed by atoms with Crippen LogP contribution >= 0.6 is 0 Å². The summed E-state index contributed by atoms with van der Waals surface area (Å²) in [6, 6.07) is 0.191. The Morgan fingerprint density at radius 2 is 1.92 bits per heavy atom. The number of hydrogen-bond donors (Lipinski definition) is 1. The molecule has 2 heteroatoms. The molecule has 1 atom stereocenters. The average molecular weight is 173 g/mol. The van der Waals surface area contributed by atoms with Gasteiger partial charge in [0.25, 0.3) is 0 Å². The van der Waals surface area contributed by atoms with Crippen molar-refractivity contribution in [3.8, 4) is 0 Å². The van der Waals surface area contributed by atoms with Gasteiger partial charge in [-0.15, -0.1) is 0 Å². The molecule has 12 heavy (non-hydrogen) atoms. The van der Waals surface area contributed by atoms with Crippen molar-refractivity contribution in [1.29, 1.82) is 0 Å². The maximum atomic E-state index is 5.88. The Balaban J connectivity index is 3.40. The van der Waals surface area contributed by atoms with Crippen molar-refractivity contribution in [2.75, 3.05) is 13.2 Å². The summed E-state index contributed by atoms with van der Waals surface area (Å²) in [7, 11) is 0. The van der Waals surface area contributed by atoms with E-state index in [0.717, 1.165) is 19.4 Å². The summed E-state index contributed by atoms with van der Waals surface area (Å²) in [6.45, 7) is 10.2. The molecule has 0 aliphatic carbocycles. The van der Waals surface area contributed by atoms with E-state index in [9.17, 15) is 0 Å². The lowest BCUT2D eigenvalue weighted by Crippen LogP contribution is -2.31. The molecule has 0 aliphatic rings. The van der Waals surface area contributed by atoms with E-state index in [2.05, 4.69) is 27.7 Å². The van der Waals surface area contributed by atoms with Crippen LogP contribution in [0.1, 0.15) is 40.5 Å². The summed E-state index contributed by atoms with van der Waals surface area (Å²) in [4.78, 5) is 0. The van der Waals surface area contributed by atoms with Crippen LogP contribution in [0.25, 0.3) is 0 Å². The van der Waals surface area contributed by atoms with Crippen LogP contribution in [-0.4, -0.2) is 19.3 Å². The summed E-state index contributed by atoms with van der Waals surface area (Å²) in [5.74, 6) is 0. The Bertz CT molecular complexity index is 107. The van der Waals surface area contributed by atoms with Crippen LogP contribution < -0.4 is 5.73 Å². The summed E-state index contributed by atoms with van der Waals surface area (Å²) in [5.41, 5.74) is 6.19. The molecular weight excluding hydrogens is 150 g/mol. The predicted molar refractivity (Wildman–Crippen MR) is 53.2 cm³/mol. The van der Waals surface area contributed by atoms with Gasteiger partial charge in [-0.25, -0.2) is 0 Å². The van der Waals surface area contributed by atoms with Crippen LogP contribution in [0.4, 0.5) is 0 Å². The van der Waals surface area contributed by atoms with Crippen LogP contribution in [0.2, 0.25) is 0 Å². The highest BCUT2D eigenvalue weighted by atomic mass is 16.5. The molecule has 0 saturated carbocycles. The summed E-state index contributed by atoms with van der Waals surface area (Å²) in [5, 5.41) is 0. The van der Waals surface area contributed by atoms with Crippen LogP contribution in [0.5, 0.6) is 0 Å². The van der Waals surface area contributed by atoms with Gasteiger partial charge in [-0.05, 0) is 18.3 Å². The van der Waals surface area contributed by atoms with E-state index in [1.165, 1.54) is 0 Å². The Morgan fingerprint density at radius 1 is 1.33 bits per heavy atom. The lowest BCUT2D eigenvalue weighted by Gasteiger charge is -2.22. The SMILES string of the molecule is CCCOCC(N)CC(C)(C)C. The van der Waals surface area contributed by atoms with Gasteiger partial charge < -0.3 is 10.5 Å². The molecule has 74 valence electrons. The third-order valence-corrected chi connectivity index (χ3v) is 1.55. The van der Waals surface area contributed by atoms with Crippen molar-refractivity contribution in [1.82, 2.24) is 0 Å². The molecular formula is C10H23NO. The standard InChI is InChI=1S/C10H23NO/c1-5-6-12-8-9(11)7-10(2,3)4/h9H,5-8,11H2,1-4H3. The normalized spacial score (nSPS) is 14.8. The van der Waals surface area contributed by atoms with Crippen LogP contribution in [0.3, 0.4) is 0 Å². The average Bonchev–Trinajstić information content (AvgIpc) is 1.84. The van der Waals surface area contributed by atoms with Crippen molar-refractivity contribution in [2.24, 2.45) is 11.1 Å². The van der Waals surface area contributed by atoms with Gasteiger partial charge in [0.2, 0.25) is 0 Å². The summed E-state index contributed by atoms with van der Waals surface area (Å²) in [6.07, 6.45) is 2.10. The fourth-order valence-corrected chi connectivity index (χ4v) is 1.22. The fraction of sp³-hybridized carbons (Fsp3) is 1.00. The smallest absolute Gasteiger partial charge is 0.0617 e. The molecule has 0 fully saturated rings. The molecule has 2 nitrogen and oxygen atoms in total. The number of nitrogens with two attached hydrogens (primary N) is 1. The number of ether oxygens (including phenoxy) is 1. The molecule has 0 radical (unpaired) electrons. The lowest BCUT2D eigenvalue weighted by molar-refractivity contribution is 0.109. The van der Waals surface area contributed by atoms with Crippen molar-refractivity contribution >= 4 is 0 Å². The monoisotopic (exact) mass is 173 g/mol. The minimum Gasteiger partial charge on any atom is -0.380 e. The zero-order valence-electron chi connectivity index (χ0n) is 8.89. The quantitative estimate of drug-likeness (QED) is 0.647. The molecule has 0 rings (SSSR count).